The van der Waals surface area contributed by atoms with E-state index < -0.39 is 0 Å². The molecule has 2 amide bonds. The second-order valence-corrected chi connectivity index (χ2v) is 7.53. The summed E-state index contributed by atoms with van der Waals surface area (Å²) in [6, 6.07) is 15.9. The number of alkyl carbamates (subject to hydrolysis) is 1. The minimum atomic E-state index is -0.378. The number of rotatable bonds is 4. The predicted octanol–water partition coefficient (Wildman–Crippen LogP) is 4.24. The fourth-order valence-electron chi connectivity index (χ4n) is 2.35. The Morgan fingerprint density at radius 2 is 1.46 bits per heavy atom. The summed E-state index contributed by atoms with van der Waals surface area (Å²) in [6.07, 6.45) is 0.380. The van der Waals surface area contributed by atoms with Gasteiger partial charge in [-0.3, -0.25) is 4.79 Å². The van der Waals surface area contributed by atoms with Crippen LogP contribution in [0.3, 0.4) is 0 Å². The molecule has 2 aromatic rings. The maximum Gasteiger partial charge on any atom is 0.406 e. The zero-order valence-electron chi connectivity index (χ0n) is 17.8. The smallest absolute Gasteiger partial charge is 0.406 e. The summed E-state index contributed by atoms with van der Waals surface area (Å²) in [5.74, 6) is -0.0366. The molecule has 0 bridgehead atoms. The van der Waals surface area contributed by atoms with Crippen LogP contribution in [-0.2, 0) is 16.6 Å². The van der Waals surface area contributed by atoms with Crippen LogP contribution in [0.25, 0.3) is 0 Å². The zero-order chi connectivity index (χ0) is 21.2. The molecule has 0 aliphatic rings. The van der Waals surface area contributed by atoms with Crippen LogP contribution in [0.4, 0.5) is 4.79 Å². The van der Waals surface area contributed by atoms with Crippen molar-refractivity contribution in [2.45, 2.75) is 39.5 Å². The van der Waals surface area contributed by atoms with Crippen LogP contribution >= 0.6 is 0 Å². The Hall–Kier alpha value is -2.82. The highest BCUT2D eigenvalue weighted by molar-refractivity contribution is 5.93. The minimum Gasteiger partial charge on any atom is -0.449 e. The van der Waals surface area contributed by atoms with Gasteiger partial charge < -0.3 is 15.4 Å². The first-order valence-corrected chi connectivity index (χ1v) is 9.40. The zero-order valence-corrected chi connectivity index (χ0v) is 17.8. The summed E-state index contributed by atoms with van der Waals surface area (Å²) in [5.41, 5.74) is 4.51. The van der Waals surface area contributed by atoms with E-state index >= 15 is 0 Å². The van der Waals surface area contributed by atoms with E-state index in [1.807, 2.05) is 43.3 Å². The summed E-state index contributed by atoms with van der Waals surface area (Å²) in [5, 5.41) is 5.00. The second-order valence-electron chi connectivity index (χ2n) is 7.53. The van der Waals surface area contributed by atoms with Gasteiger partial charge in [0.05, 0.1) is 6.61 Å². The predicted molar refractivity (Wildman–Crippen MR) is 114 cm³/mol. The molecule has 0 radical (unpaired) electrons. The average molecular weight is 385 g/mol. The summed E-state index contributed by atoms with van der Waals surface area (Å²) >= 11 is 0. The lowest BCUT2D eigenvalue weighted by Crippen LogP contribution is -2.20. The second kappa shape index (κ2) is 11.1. The van der Waals surface area contributed by atoms with Gasteiger partial charge in [0, 0.05) is 26.1 Å². The van der Waals surface area contributed by atoms with Gasteiger partial charge in [0.2, 0.25) is 0 Å². The molecule has 5 nitrogen and oxygen atoms in total. The maximum absolute atomic E-state index is 11.3. The van der Waals surface area contributed by atoms with E-state index in [-0.39, 0.29) is 17.4 Å². The lowest BCUT2D eigenvalue weighted by atomic mass is 9.87. The molecule has 0 atom stereocenters. The van der Waals surface area contributed by atoms with Crippen molar-refractivity contribution in [3.8, 4) is 0 Å². The lowest BCUT2D eigenvalue weighted by Gasteiger charge is -2.18. The first-order chi connectivity index (χ1) is 13.2. The van der Waals surface area contributed by atoms with Crippen LogP contribution in [-0.4, -0.2) is 32.7 Å². The lowest BCUT2D eigenvalue weighted by molar-refractivity contribution is 0.0963. The third kappa shape index (κ3) is 8.25. The first-order valence-electron chi connectivity index (χ1n) is 9.40. The largest absolute Gasteiger partial charge is 0.449 e. The van der Waals surface area contributed by atoms with Crippen molar-refractivity contribution >= 4 is 12.0 Å². The number of benzene rings is 2. The highest BCUT2D eigenvalue weighted by Crippen LogP contribution is 2.22. The number of ether oxygens (including phenoxy) is 1. The SMILES string of the molecule is CNC(=O)OCCc1ccc(C)cc1.CNC(=O)c1ccc(C(C)(C)C)cc1. The number of aryl methyl sites for hydroxylation is 1. The van der Waals surface area contributed by atoms with E-state index in [1.165, 1.54) is 16.7 Å². The summed E-state index contributed by atoms with van der Waals surface area (Å²) in [7, 11) is 3.19. The van der Waals surface area contributed by atoms with E-state index in [1.54, 1.807) is 14.1 Å². The normalized spacial score (nSPS) is 10.4. The fourth-order valence-corrected chi connectivity index (χ4v) is 2.35. The number of hydrogen-bond acceptors (Lipinski definition) is 3. The molecule has 2 N–H and O–H groups in total. The third-order valence-electron chi connectivity index (χ3n) is 4.19. The van der Waals surface area contributed by atoms with E-state index in [4.69, 9.17) is 4.74 Å². The maximum atomic E-state index is 11.3. The minimum absolute atomic E-state index is 0.0366. The van der Waals surface area contributed by atoms with Crippen LogP contribution in [0.5, 0.6) is 0 Å². The van der Waals surface area contributed by atoms with Crippen molar-refractivity contribution in [3.63, 3.8) is 0 Å². The van der Waals surface area contributed by atoms with E-state index in [9.17, 15) is 9.59 Å². The van der Waals surface area contributed by atoms with Gasteiger partial charge in [0.25, 0.3) is 5.91 Å². The van der Waals surface area contributed by atoms with Crippen molar-refractivity contribution in [1.82, 2.24) is 10.6 Å². The highest BCUT2D eigenvalue weighted by atomic mass is 16.5. The van der Waals surface area contributed by atoms with Crippen molar-refractivity contribution < 1.29 is 14.3 Å². The quantitative estimate of drug-likeness (QED) is 0.829. The number of carbonyl (C=O) groups excluding carboxylic acids is 2. The van der Waals surface area contributed by atoms with Gasteiger partial charge in [-0.25, -0.2) is 4.79 Å². The summed E-state index contributed by atoms with van der Waals surface area (Å²) < 4.78 is 4.88. The van der Waals surface area contributed by atoms with E-state index in [2.05, 4.69) is 43.5 Å². The first kappa shape index (κ1) is 23.2. The third-order valence-corrected chi connectivity index (χ3v) is 4.19. The molecule has 0 heterocycles. The van der Waals surface area contributed by atoms with E-state index in [0.717, 1.165) is 6.42 Å². The monoisotopic (exact) mass is 384 g/mol. The Labute approximate surface area is 168 Å². The van der Waals surface area contributed by atoms with E-state index in [0.29, 0.717) is 12.2 Å². The Kier molecular flexibility index (Phi) is 9.22. The molecule has 5 heteroatoms. The molecule has 0 saturated heterocycles. The molecule has 0 saturated carbocycles. The molecule has 0 spiro atoms. The van der Waals surface area contributed by atoms with Gasteiger partial charge in [-0.15, -0.1) is 0 Å². The van der Waals surface area contributed by atoms with Gasteiger partial charge in [-0.2, -0.15) is 0 Å². The van der Waals surface area contributed by atoms with Crippen LogP contribution in [0.15, 0.2) is 48.5 Å². The molecular formula is C23H32N2O3. The summed E-state index contributed by atoms with van der Waals surface area (Å²) in [4.78, 5) is 22.0. The van der Waals surface area contributed by atoms with Gasteiger partial charge >= 0.3 is 6.09 Å². The standard InChI is InChI=1S/C12H17NO.C11H15NO2/c1-12(2,3)10-7-5-9(6-8-10)11(14)13-4;1-9-3-5-10(6-4-9)7-8-14-11(13)12-2/h5-8H,1-4H3,(H,13,14);3-6H,7-8H2,1-2H3,(H,12,13). The molecule has 0 aromatic heterocycles. The highest BCUT2D eigenvalue weighted by Gasteiger charge is 2.13. The van der Waals surface area contributed by atoms with Gasteiger partial charge in [-0.1, -0.05) is 62.7 Å². The molecule has 0 aliphatic carbocycles. The fraction of sp³-hybridized carbons (Fsp3) is 0.391. The van der Waals surface area contributed by atoms with Crippen LogP contribution in [0.2, 0.25) is 0 Å². The van der Waals surface area contributed by atoms with Gasteiger partial charge in [0.1, 0.15) is 0 Å². The number of carbonyl (C=O) groups is 2. The van der Waals surface area contributed by atoms with Crippen LogP contribution in [0.1, 0.15) is 47.8 Å². The number of nitrogens with one attached hydrogen (secondary N) is 2. The number of amides is 2. The molecule has 0 fully saturated rings. The van der Waals surface area contributed by atoms with Crippen molar-refractivity contribution in [2.75, 3.05) is 20.7 Å². The van der Waals surface area contributed by atoms with Crippen LogP contribution < -0.4 is 10.6 Å². The molecule has 2 rings (SSSR count). The molecule has 152 valence electrons. The van der Waals surface area contributed by atoms with Crippen molar-refractivity contribution in [1.29, 1.82) is 0 Å². The van der Waals surface area contributed by atoms with Gasteiger partial charge in [0.15, 0.2) is 0 Å². The molecule has 2 aromatic carbocycles. The molecular weight excluding hydrogens is 352 g/mol. The van der Waals surface area contributed by atoms with Crippen LogP contribution in [0, 0.1) is 6.92 Å². The van der Waals surface area contributed by atoms with Crippen molar-refractivity contribution in [2.24, 2.45) is 0 Å². The molecule has 0 unspecified atom stereocenters. The molecule has 28 heavy (non-hydrogen) atoms. The Morgan fingerprint density at radius 3 is 1.93 bits per heavy atom. The van der Waals surface area contributed by atoms with Crippen molar-refractivity contribution in [3.05, 3.63) is 70.8 Å². The Bertz CT molecular complexity index is 745. The molecule has 0 aliphatic heterocycles. The van der Waals surface area contributed by atoms with Gasteiger partial charge in [-0.05, 0) is 35.6 Å². The Balaban J connectivity index is 0.000000280. The number of hydrogen-bond donors (Lipinski definition) is 2. The summed E-state index contributed by atoms with van der Waals surface area (Å²) in [6.45, 7) is 8.93. The topological polar surface area (TPSA) is 67.4 Å². The Morgan fingerprint density at radius 1 is 0.893 bits per heavy atom. The average Bonchev–Trinajstić information content (AvgIpc) is 2.68.